The van der Waals surface area contributed by atoms with Crippen molar-refractivity contribution in [3.8, 4) is 0 Å². The summed E-state index contributed by atoms with van der Waals surface area (Å²) in [5, 5.41) is 3.95. The van der Waals surface area contributed by atoms with E-state index in [1.165, 1.54) is 0 Å². The van der Waals surface area contributed by atoms with Crippen LogP contribution in [0.5, 0.6) is 0 Å². The van der Waals surface area contributed by atoms with Gasteiger partial charge in [0.05, 0.1) is 12.4 Å². The highest BCUT2D eigenvalue weighted by Crippen LogP contribution is 2.30. The second-order valence-corrected chi connectivity index (χ2v) is 5.12. The number of aromatic nitrogens is 2. The Bertz CT molecular complexity index is 401. The van der Waals surface area contributed by atoms with Gasteiger partial charge in [-0.3, -0.25) is 4.79 Å². The Kier molecular flexibility index (Phi) is 2.69. The predicted molar refractivity (Wildman–Crippen MR) is 57.5 cm³/mol. The largest absolute Gasteiger partial charge is 0.381 e. The van der Waals surface area contributed by atoms with E-state index < -0.39 is 0 Å². The molecule has 0 radical (unpaired) electrons. The zero-order valence-electron chi connectivity index (χ0n) is 8.72. The molecule has 16 heavy (non-hydrogen) atoms. The number of rotatable bonds is 2. The topological polar surface area (TPSA) is 65.2 Å². The molecule has 3 rings (SSSR count). The number of Topliss-reactive ketones (excluding diaryl/α,β-unsaturated/α-hetero) is 1. The first-order valence-electron chi connectivity index (χ1n) is 5.36. The van der Waals surface area contributed by atoms with E-state index >= 15 is 0 Å². The van der Waals surface area contributed by atoms with E-state index in [9.17, 15) is 4.79 Å². The summed E-state index contributed by atoms with van der Waals surface area (Å²) in [7, 11) is 0. The lowest BCUT2D eigenvalue weighted by Gasteiger charge is -1.99. The van der Waals surface area contributed by atoms with Gasteiger partial charge in [-0.2, -0.15) is 16.7 Å². The van der Waals surface area contributed by atoms with Gasteiger partial charge in [-0.05, 0) is 6.42 Å². The van der Waals surface area contributed by atoms with Crippen molar-refractivity contribution in [2.24, 2.45) is 0 Å². The SMILES string of the molecule is O=C1CSCC1c1nc(C2CCOC2)no1. The molecular formula is C10H12N2O3S. The Hall–Kier alpha value is -0.880. The summed E-state index contributed by atoms with van der Waals surface area (Å²) in [4.78, 5) is 15.9. The first-order valence-corrected chi connectivity index (χ1v) is 6.52. The number of hydrogen-bond donors (Lipinski definition) is 0. The van der Waals surface area contributed by atoms with Crippen LogP contribution in [-0.4, -0.2) is 40.6 Å². The Morgan fingerprint density at radius 3 is 3.06 bits per heavy atom. The number of ether oxygens (including phenoxy) is 1. The molecule has 0 aromatic carbocycles. The molecule has 3 heterocycles. The third-order valence-corrected chi connectivity index (χ3v) is 4.03. The molecule has 2 atom stereocenters. The van der Waals surface area contributed by atoms with Crippen molar-refractivity contribution >= 4 is 17.5 Å². The zero-order chi connectivity index (χ0) is 11.0. The first-order chi connectivity index (χ1) is 7.84. The van der Waals surface area contributed by atoms with Crippen molar-refractivity contribution in [2.75, 3.05) is 24.7 Å². The Morgan fingerprint density at radius 1 is 1.44 bits per heavy atom. The van der Waals surface area contributed by atoms with Crippen LogP contribution in [0, 0.1) is 0 Å². The molecule has 2 unspecified atom stereocenters. The average Bonchev–Trinajstić information content (AvgIpc) is 2.96. The highest BCUT2D eigenvalue weighted by Gasteiger charge is 2.33. The number of carbonyl (C=O) groups is 1. The van der Waals surface area contributed by atoms with Gasteiger partial charge in [0.1, 0.15) is 5.92 Å². The molecule has 0 saturated carbocycles. The van der Waals surface area contributed by atoms with Crippen molar-refractivity contribution in [1.29, 1.82) is 0 Å². The van der Waals surface area contributed by atoms with Crippen LogP contribution in [0.2, 0.25) is 0 Å². The van der Waals surface area contributed by atoms with Gasteiger partial charge in [0.25, 0.3) is 0 Å². The summed E-state index contributed by atoms with van der Waals surface area (Å²) in [5.41, 5.74) is 0. The summed E-state index contributed by atoms with van der Waals surface area (Å²) in [6, 6.07) is 0. The molecule has 2 aliphatic rings. The standard InChI is InChI=1S/C10H12N2O3S/c13-8-5-16-4-7(8)10-11-9(12-15-10)6-1-2-14-3-6/h6-7H,1-5H2. The van der Waals surface area contributed by atoms with Gasteiger partial charge >= 0.3 is 0 Å². The molecule has 0 spiro atoms. The van der Waals surface area contributed by atoms with E-state index in [0.29, 0.717) is 24.1 Å². The molecule has 0 amide bonds. The lowest BCUT2D eigenvalue weighted by molar-refractivity contribution is -0.117. The van der Waals surface area contributed by atoms with Crippen LogP contribution in [-0.2, 0) is 9.53 Å². The summed E-state index contributed by atoms with van der Waals surface area (Å²) >= 11 is 1.62. The minimum atomic E-state index is -0.187. The molecule has 1 aromatic heterocycles. The van der Waals surface area contributed by atoms with E-state index in [2.05, 4.69) is 10.1 Å². The van der Waals surface area contributed by atoms with E-state index in [0.717, 1.165) is 18.8 Å². The quantitative estimate of drug-likeness (QED) is 0.767. The fourth-order valence-electron chi connectivity index (χ4n) is 1.97. The summed E-state index contributed by atoms with van der Waals surface area (Å²) in [5.74, 6) is 2.75. The van der Waals surface area contributed by atoms with Crippen molar-refractivity contribution < 1.29 is 14.1 Å². The van der Waals surface area contributed by atoms with Crippen LogP contribution < -0.4 is 0 Å². The van der Waals surface area contributed by atoms with Gasteiger partial charge in [-0.1, -0.05) is 5.16 Å². The monoisotopic (exact) mass is 240 g/mol. The summed E-state index contributed by atoms with van der Waals surface area (Å²) < 4.78 is 10.5. The third kappa shape index (κ3) is 1.76. The molecule has 0 aliphatic carbocycles. The van der Waals surface area contributed by atoms with Gasteiger partial charge in [0, 0.05) is 18.3 Å². The lowest BCUT2D eigenvalue weighted by Crippen LogP contribution is -2.09. The highest BCUT2D eigenvalue weighted by atomic mass is 32.2. The summed E-state index contributed by atoms with van der Waals surface area (Å²) in [6.45, 7) is 1.42. The van der Waals surface area contributed by atoms with E-state index in [4.69, 9.17) is 9.26 Å². The Morgan fingerprint density at radius 2 is 2.38 bits per heavy atom. The minimum absolute atomic E-state index is 0.187. The number of nitrogens with zero attached hydrogens (tertiary/aromatic N) is 2. The lowest BCUT2D eigenvalue weighted by atomic mass is 10.1. The second-order valence-electron chi connectivity index (χ2n) is 4.09. The van der Waals surface area contributed by atoms with E-state index in [1.807, 2.05) is 0 Å². The summed E-state index contributed by atoms with van der Waals surface area (Å²) in [6.07, 6.45) is 0.937. The van der Waals surface area contributed by atoms with Crippen LogP contribution in [0.3, 0.4) is 0 Å². The van der Waals surface area contributed by atoms with Crippen LogP contribution in [0.15, 0.2) is 4.52 Å². The molecular weight excluding hydrogens is 228 g/mol. The maximum Gasteiger partial charge on any atom is 0.238 e. The highest BCUT2D eigenvalue weighted by molar-refractivity contribution is 8.00. The normalized spacial score (nSPS) is 30.1. The fraction of sp³-hybridized carbons (Fsp3) is 0.700. The predicted octanol–water partition coefficient (Wildman–Crippen LogP) is 0.973. The molecule has 0 bridgehead atoms. The van der Waals surface area contributed by atoms with Crippen molar-refractivity contribution in [2.45, 2.75) is 18.3 Å². The van der Waals surface area contributed by atoms with E-state index in [-0.39, 0.29) is 17.6 Å². The molecule has 2 aliphatic heterocycles. The molecule has 0 N–H and O–H groups in total. The zero-order valence-corrected chi connectivity index (χ0v) is 9.53. The molecule has 5 nitrogen and oxygen atoms in total. The molecule has 2 saturated heterocycles. The van der Waals surface area contributed by atoms with Crippen molar-refractivity contribution in [1.82, 2.24) is 10.1 Å². The van der Waals surface area contributed by atoms with Gasteiger partial charge in [0.15, 0.2) is 11.6 Å². The van der Waals surface area contributed by atoms with E-state index in [1.54, 1.807) is 11.8 Å². The van der Waals surface area contributed by atoms with Gasteiger partial charge in [0.2, 0.25) is 5.89 Å². The minimum Gasteiger partial charge on any atom is -0.381 e. The van der Waals surface area contributed by atoms with Crippen LogP contribution in [0.4, 0.5) is 0 Å². The second kappa shape index (κ2) is 4.18. The fourth-order valence-corrected chi connectivity index (χ4v) is 3.06. The maximum atomic E-state index is 11.5. The first kappa shape index (κ1) is 10.3. The Labute approximate surface area is 96.9 Å². The van der Waals surface area contributed by atoms with Crippen molar-refractivity contribution in [3.05, 3.63) is 11.7 Å². The smallest absolute Gasteiger partial charge is 0.238 e. The number of hydrogen-bond acceptors (Lipinski definition) is 6. The van der Waals surface area contributed by atoms with Crippen LogP contribution in [0.25, 0.3) is 0 Å². The number of thioether (sulfide) groups is 1. The maximum absolute atomic E-state index is 11.5. The average molecular weight is 240 g/mol. The number of carbonyl (C=O) groups excluding carboxylic acids is 1. The molecule has 1 aromatic rings. The Balaban J connectivity index is 1.79. The van der Waals surface area contributed by atoms with Crippen LogP contribution in [0.1, 0.15) is 30.0 Å². The van der Waals surface area contributed by atoms with Gasteiger partial charge in [-0.25, -0.2) is 0 Å². The third-order valence-electron chi connectivity index (χ3n) is 2.97. The molecule has 86 valence electrons. The van der Waals surface area contributed by atoms with Crippen molar-refractivity contribution in [3.63, 3.8) is 0 Å². The molecule has 2 fully saturated rings. The van der Waals surface area contributed by atoms with Gasteiger partial charge < -0.3 is 9.26 Å². The molecule has 6 heteroatoms. The van der Waals surface area contributed by atoms with Gasteiger partial charge in [-0.15, -0.1) is 0 Å². The number of ketones is 1. The van der Waals surface area contributed by atoms with Crippen LogP contribution >= 0.6 is 11.8 Å².